The molecule has 0 saturated heterocycles. The molecule has 0 spiro atoms. The second kappa shape index (κ2) is 6.60. The van der Waals surface area contributed by atoms with Gasteiger partial charge in [0, 0.05) is 24.5 Å². The van der Waals surface area contributed by atoms with Gasteiger partial charge in [0.1, 0.15) is 0 Å². The quantitative estimate of drug-likeness (QED) is 0.493. The number of rotatable bonds is 6. The largest absolute Gasteiger partial charge is 0.202 e. The molecular formula is C14H24N+. The Kier molecular flexibility index (Phi) is 5.38. The molecule has 0 radical (unpaired) electrons. The van der Waals surface area contributed by atoms with Crippen LogP contribution in [-0.2, 0) is 0 Å². The van der Waals surface area contributed by atoms with Crippen LogP contribution < -0.4 is 4.57 Å². The van der Waals surface area contributed by atoms with Crippen molar-refractivity contribution in [2.24, 2.45) is 5.92 Å². The Hall–Kier alpha value is -0.850. The minimum Gasteiger partial charge on any atom is -0.202 e. The number of aromatic nitrogens is 1. The van der Waals surface area contributed by atoms with Crippen LogP contribution in [0.3, 0.4) is 0 Å². The molecule has 0 aromatic carbocycles. The van der Waals surface area contributed by atoms with Crippen molar-refractivity contribution in [1.82, 2.24) is 0 Å². The SMILES string of the molecule is CCCCCC(C(C)C)[n+]1ccccc1. The van der Waals surface area contributed by atoms with Crippen LogP contribution >= 0.6 is 0 Å². The fraction of sp³-hybridized carbons (Fsp3) is 0.643. The van der Waals surface area contributed by atoms with E-state index in [1.807, 2.05) is 0 Å². The normalized spacial score (nSPS) is 13.1. The van der Waals surface area contributed by atoms with E-state index in [4.69, 9.17) is 0 Å². The molecule has 0 aliphatic carbocycles. The second-order valence-electron chi connectivity index (χ2n) is 4.63. The molecule has 0 bridgehead atoms. The van der Waals surface area contributed by atoms with Gasteiger partial charge in [-0.05, 0) is 6.42 Å². The highest BCUT2D eigenvalue weighted by Gasteiger charge is 2.20. The van der Waals surface area contributed by atoms with Gasteiger partial charge in [0.2, 0.25) is 0 Å². The lowest BCUT2D eigenvalue weighted by molar-refractivity contribution is -0.730. The van der Waals surface area contributed by atoms with E-state index in [1.54, 1.807) is 0 Å². The van der Waals surface area contributed by atoms with Gasteiger partial charge in [-0.15, -0.1) is 0 Å². The first-order chi connectivity index (χ1) is 7.25. The molecule has 0 amide bonds. The third kappa shape index (κ3) is 4.03. The minimum atomic E-state index is 0.665. The van der Waals surface area contributed by atoms with Crippen molar-refractivity contribution in [3.63, 3.8) is 0 Å². The lowest BCUT2D eigenvalue weighted by Crippen LogP contribution is -2.41. The van der Waals surface area contributed by atoms with Crippen LogP contribution in [0.2, 0.25) is 0 Å². The molecule has 0 aliphatic rings. The number of unbranched alkanes of at least 4 members (excludes halogenated alkanes) is 2. The highest BCUT2D eigenvalue weighted by atomic mass is 15.0. The third-order valence-electron chi connectivity index (χ3n) is 2.99. The summed E-state index contributed by atoms with van der Waals surface area (Å²) in [6, 6.07) is 6.99. The van der Waals surface area contributed by atoms with Crippen LogP contribution in [0.4, 0.5) is 0 Å². The Morgan fingerprint density at radius 1 is 1.00 bits per heavy atom. The van der Waals surface area contributed by atoms with Crippen molar-refractivity contribution in [2.45, 2.75) is 52.5 Å². The Morgan fingerprint density at radius 3 is 2.20 bits per heavy atom. The van der Waals surface area contributed by atoms with Crippen LogP contribution in [0.15, 0.2) is 30.6 Å². The van der Waals surface area contributed by atoms with Crippen LogP contribution in [0, 0.1) is 5.92 Å². The Bertz CT molecular complexity index is 253. The maximum atomic E-state index is 2.36. The number of hydrogen-bond donors (Lipinski definition) is 0. The van der Waals surface area contributed by atoms with Gasteiger partial charge >= 0.3 is 0 Å². The van der Waals surface area contributed by atoms with Crippen LogP contribution in [0.1, 0.15) is 52.5 Å². The predicted octanol–water partition coefficient (Wildman–Crippen LogP) is 3.75. The number of nitrogens with zero attached hydrogens (tertiary/aromatic N) is 1. The smallest absolute Gasteiger partial charge is 0.169 e. The van der Waals surface area contributed by atoms with Crippen LogP contribution in [-0.4, -0.2) is 0 Å². The molecule has 0 aliphatic heterocycles. The fourth-order valence-electron chi connectivity index (χ4n) is 2.06. The zero-order chi connectivity index (χ0) is 11.1. The van der Waals surface area contributed by atoms with E-state index in [2.05, 4.69) is 55.9 Å². The van der Waals surface area contributed by atoms with Gasteiger partial charge in [0.25, 0.3) is 0 Å². The summed E-state index contributed by atoms with van der Waals surface area (Å²) in [5.74, 6) is 0.717. The van der Waals surface area contributed by atoms with Gasteiger partial charge in [-0.3, -0.25) is 0 Å². The van der Waals surface area contributed by atoms with E-state index in [0.717, 1.165) is 0 Å². The maximum Gasteiger partial charge on any atom is 0.169 e. The maximum absolute atomic E-state index is 2.36. The molecule has 1 aromatic heterocycles. The molecule has 0 fully saturated rings. The summed E-state index contributed by atoms with van der Waals surface area (Å²) < 4.78 is 2.36. The van der Waals surface area contributed by atoms with Gasteiger partial charge in [0.05, 0.1) is 0 Å². The molecule has 1 rings (SSSR count). The third-order valence-corrected chi connectivity index (χ3v) is 2.99. The predicted molar refractivity (Wildman–Crippen MR) is 64.7 cm³/mol. The summed E-state index contributed by atoms with van der Waals surface area (Å²) in [5, 5.41) is 0. The Labute approximate surface area is 94.1 Å². The van der Waals surface area contributed by atoms with Crippen molar-refractivity contribution in [1.29, 1.82) is 0 Å². The minimum absolute atomic E-state index is 0.665. The van der Waals surface area contributed by atoms with Gasteiger partial charge in [0.15, 0.2) is 18.4 Å². The van der Waals surface area contributed by atoms with Gasteiger partial charge in [-0.1, -0.05) is 39.7 Å². The zero-order valence-corrected chi connectivity index (χ0v) is 10.3. The number of hydrogen-bond acceptors (Lipinski definition) is 0. The molecule has 1 heterocycles. The molecule has 0 saturated carbocycles. The van der Waals surface area contributed by atoms with Crippen LogP contribution in [0.5, 0.6) is 0 Å². The van der Waals surface area contributed by atoms with Gasteiger partial charge < -0.3 is 0 Å². The molecule has 1 unspecified atom stereocenters. The first-order valence-electron chi connectivity index (χ1n) is 6.21. The van der Waals surface area contributed by atoms with E-state index in [-0.39, 0.29) is 0 Å². The molecule has 1 heteroatoms. The van der Waals surface area contributed by atoms with E-state index in [1.165, 1.54) is 25.7 Å². The molecule has 1 atom stereocenters. The fourth-order valence-corrected chi connectivity index (χ4v) is 2.06. The van der Waals surface area contributed by atoms with E-state index < -0.39 is 0 Å². The standard InChI is InChI=1S/C14H24N/c1-4-5-7-10-14(13(2)3)15-11-8-6-9-12-15/h6,8-9,11-14H,4-5,7,10H2,1-3H3/q+1. The number of pyridine rings is 1. The molecular weight excluding hydrogens is 182 g/mol. The summed E-state index contributed by atoms with van der Waals surface area (Å²) in [4.78, 5) is 0. The summed E-state index contributed by atoms with van der Waals surface area (Å²) in [5.41, 5.74) is 0. The van der Waals surface area contributed by atoms with Crippen molar-refractivity contribution in [3.8, 4) is 0 Å². The van der Waals surface area contributed by atoms with Crippen LogP contribution in [0.25, 0.3) is 0 Å². The Morgan fingerprint density at radius 2 is 1.67 bits per heavy atom. The highest BCUT2D eigenvalue weighted by molar-refractivity contribution is 4.84. The van der Waals surface area contributed by atoms with Crippen molar-refractivity contribution in [2.75, 3.05) is 0 Å². The van der Waals surface area contributed by atoms with E-state index in [9.17, 15) is 0 Å². The first-order valence-corrected chi connectivity index (χ1v) is 6.21. The summed E-state index contributed by atoms with van der Waals surface area (Å²) in [7, 11) is 0. The lowest BCUT2D eigenvalue weighted by Gasteiger charge is -2.15. The Balaban J connectivity index is 2.58. The van der Waals surface area contributed by atoms with E-state index in [0.29, 0.717) is 12.0 Å². The highest BCUT2D eigenvalue weighted by Crippen LogP contribution is 2.18. The van der Waals surface area contributed by atoms with Crippen molar-refractivity contribution >= 4 is 0 Å². The van der Waals surface area contributed by atoms with Gasteiger partial charge in [-0.2, -0.15) is 0 Å². The molecule has 0 N–H and O–H groups in total. The summed E-state index contributed by atoms with van der Waals surface area (Å²) >= 11 is 0. The molecule has 84 valence electrons. The average Bonchev–Trinajstić information content (AvgIpc) is 2.25. The average molecular weight is 206 g/mol. The molecule has 15 heavy (non-hydrogen) atoms. The summed E-state index contributed by atoms with van der Waals surface area (Å²) in [6.45, 7) is 6.90. The lowest BCUT2D eigenvalue weighted by atomic mass is 9.97. The van der Waals surface area contributed by atoms with Gasteiger partial charge in [-0.25, -0.2) is 4.57 Å². The zero-order valence-electron chi connectivity index (χ0n) is 10.3. The van der Waals surface area contributed by atoms with Crippen molar-refractivity contribution in [3.05, 3.63) is 30.6 Å². The molecule has 1 aromatic rings. The van der Waals surface area contributed by atoms with Crippen molar-refractivity contribution < 1.29 is 4.57 Å². The van der Waals surface area contributed by atoms with E-state index >= 15 is 0 Å². The molecule has 1 nitrogen and oxygen atoms in total. The topological polar surface area (TPSA) is 3.88 Å². The summed E-state index contributed by atoms with van der Waals surface area (Å²) in [6.07, 6.45) is 9.70. The monoisotopic (exact) mass is 206 g/mol. The first kappa shape index (κ1) is 12.2. The second-order valence-corrected chi connectivity index (χ2v) is 4.63.